The fraction of sp³-hybridized carbons (Fsp3) is 0.261. The number of para-hydroxylation sites is 1. The molecule has 1 aromatic heterocycles. The highest BCUT2D eigenvalue weighted by molar-refractivity contribution is 6.16. The van der Waals surface area contributed by atoms with E-state index in [-0.39, 0.29) is 28.8 Å². The zero-order chi connectivity index (χ0) is 21.9. The van der Waals surface area contributed by atoms with Gasteiger partial charge in [0, 0.05) is 38.6 Å². The summed E-state index contributed by atoms with van der Waals surface area (Å²) in [6.45, 7) is 0.547. The molecule has 0 bridgehead atoms. The first-order valence-electron chi connectivity index (χ1n) is 9.88. The summed E-state index contributed by atoms with van der Waals surface area (Å²) in [6, 6.07) is 10.6. The Kier molecular flexibility index (Phi) is 4.23. The maximum absolute atomic E-state index is 13.9. The first-order chi connectivity index (χ1) is 14.9. The molecule has 2 aromatic carbocycles. The fourth-order valence-corrected chi connectivity index (χ4v) is 4.73. The average Bonchev–Trinajstić information content (AvgIpc) is 3.15. The van der Waals surface area contributed by atoms with Gasteiger partial charge in [0.2, 0.25) is 5.76 Å². The monoisotopic (exact) mass is 422 g/mol. The van der Waals surface area contributed by atoms with Crippen molar-refractivity contribution in [2.24, 2.45) is 0 Å². The van der Waals surface area contributed by atoms with Crippen LogP contribution in [0, 0.1) is 5.82 Å². The number of anilines is 1. The van der Waals surface area contributed by atoms with Crippen LogP contribution >= 0.6 is 0 Å². The summed E-state index contributed by atoms with van der Waals surface area (Å²) in [4.78, 5) is 43.7. The molecule has 3 heterocycles. The molecule has 2 aliphatic rings. The van der Waals surface area contributed by atoms with Gasteiger partial charge in [0.15, 0.2) is 11.0 Å². The second kappa shape index (κ2) is 6.75. The van der Waals surface area contributed by atoms with Crippen molar-refractivity contribution in [2.45, 2.75) is 12.0 Å². The van der Waals surface area contributed by atoms with Gasteiger partial charge in [-0.1, -0.05) is 18.2 Å². The summed E-state index contributed by atoms with van der Waals surface area (Å²) in [5.41, 5.74) is -1.09. The van der Waals surface area contributed by atoms with E-state index in [0.717, 1.165) is 12.1 Å². The summed E-state index contributed by atoms with van der Waals surface area (Å²) in [5.74, 6) is -1.76. The Morgan fingerprint density at radius 2 is 1.90 bits per heavy atom. The zero-order valence-electron chi connectivity index (χ0n) is 17.0. The van der Waals surface area contributed by atoms with Crippen LogP contribution in [0.5, 0.6) is 0 Å². The fourth-order valence-electron chi connectivity index (χ4n) is 4.73. The van der Waals surface area contributed by atoms with E-state index in [1.165, 1.54) is 15.9 Å². The first kappa shape index (κ1) is 19.4. The molecule has 7 nitrogen and oxygen atoms in total. The van der Waals surface area contributed by atoms with Crippen LogP contribution in [-0.2, 0) is 15.1 Å². The third kappa shape index (κ3) is 2.39. The molecule has 0 N–H and O–H groups in total. The molecule has 3 aromatic rings. The van der Waals surface area contributed by atoms with Crippen molar-refractivity contribution in [1.82, 2.24) is 4.90 Å². The molecule has 0 radical (unpaired) electrons. The van der Waals surface area contributed by atoms with E-state index in [1.807, 2.05) is 0 Å². The Morgan fingerprint density at radius 1 is 1.13 bits per heavy atom. The van der Waals surface area contributed by atoms with Gasteiger partial charge >= 0.3 is 0 Å². The topological polar surface area (TPSA) is 80.1 Å². The molecule has 158 valence electrons. The number of hydrogen-bond donors (Lipinski definition) is 0. The number of halogens is 1. The highest BCUT2D eigenvalue weighted by Gasteiger charge is 2.64. The lowest BCUT2D eigenvalue weighted by atomic mass is 9.84. The van der Waals surface area contributed by atoms with Crippen molar-refractivity contribution >= 4 is 28.5 Å². The molecule has 1 atom stereocenters. The Morgan fingerprint density at radius 3 is 2.68 bits per heavy atom. The van der Waals surface area contributed by atoms with Gasteiger partial charge in [0.1, 0.15) is 11.4 Å². The number of rotatable bonds is 4. The van der Waals surface area contributed by atoms with E-state index in [4.69, 9.17) is 9.15 Å². The highest BCUT2D eigenvalue weighted by Crippen LogP contribution is 2.52. The van der Waals surface area contributed by atoms with E-state index < -0.39 is 28.6 Å². The van der Waals surface area contributed by atoms with Crippen LogP contribution in [0.25, 0.3) is 11.0 Å². The minimum atomic E-state index is -1.66. The average molecular weight is 422 g/mol. The van der Waals surface area contributed by atoms with Crippen molar-refractivity contribution in [3.05, 3.63) is 75.4 Å². The molecule has 0 aliphatic carbocycles. The number of ether oxygens (including phenoxy) is 1. The van der Waals surface area contributed by atoms with E-state index in [0.29, 0.717) is 24.3 Å². The number of carbonyl (C=O) groups excluding carboxylic acids is 2. The summed E-state index contributed by atoms with van der Waals surface area (Å²) in [5, 5.41) is -0.00972. The van der Waals surface area contributed by atoms with Crippen molar-refractivity contribution in [3.63, 3.8) is 0 Å². The number of nitrogens with zero attached hydrogens (tertiary/aromatic N) is 2. The Labute approximate surface area is 176 Å². The normalized spacial score (nSPS) is 19.6. The van der Waals surface area contributed by atoms with Gasteiger partial charge in [-0.25, -0.2) is 4.39 Å². The smallest absolute Gasteiger partial charge is 0.291 e. The van der Waals surface area contributed by atoms with Gasteiger partial charge in [0.25, 0.3) is 11.8 Å². The van der Waals surface area contributed by atoms with E-state index in [2.05, 4.69) is 0 Å². The van der Waals surface area contributed by atoms with Crippen LogP contribution in [0.3, 0.4) is 0 Å². The largest absolute Gasteiger partial charge is 0.450 e. The molecule has 2 aliphatic heterocycles. The predicted molar refractivity (Wildman–Crippen MR) is 111 cm³/mol. The van der Waals surface area contributed by atoms with Crippen LogP contribution in [0.2, 0.25) is 0 Å². The zero-order valence-corrected chi connectivity index (χ0v) is 17.0. The van der Waals surface area contributed by atoms with Gasteiger partial charge < -0.3 is 19.0 Å². The molecule has 1 spiro atoms. The molecule has 0 saturated carbocycles. The van der Waals surface area contributed by atoms with E-state index in [9.17, 15) is 18.8 Å². The lowest BCUT2D eigenvalue weighted by Crippen LogP contribution is -2.53. The Bertz CT molecular complexity index is 1320. The summed E-state index contributed by atoms with van der Waals surface area (Å²) >= 11 is 0. The second-order valence-corrected chi connectivity index (χ2v) is 7.67. The third-order valence-corrected chi connectivity index (χ3v) is 6.06. The maximum atomic E-state index is 13.9. The van der Waals surface area contributed by atoms with E-state index >= 15 is 0 Å². The molecular formula is C23H19FN2O5. The van der Waals surface area contributed by atoms with Gasteiger partial charge in [-0.05, 0) is 30.7 Å². The summed E-state index contributed by atoms with van der Waals surface area (Å²) < 4.78 is 24.9. The Hall–Kier alpha value is -3.52. The van der Waals surface area contributed by atoms with Crippen LogP contribution in [0.4, 0.5) is 10.1 Å². The summed E-state index contributed by atoms with van der Waals surface area (Å²) in [7, 11) is 3.15. The molecule has 0 fully saturated rings. The third-order valence-electron chi connectivity index (χ3n) is 6.06. The predicted octanol–water partition coefficient (Wildman–Crippen LogP) is 2.64. The Balaban J connectivity index is 1.88. The lowest BCUT2D eigenvalue weighted by Gasteiger charge is -2.33. The summed E-state index contributed by atoms with van der Waals surface area (Å²) in [6.07, 6.45) is 0.458. The minimum absolute atomic E-state index is 0.00972. The van der Waals surface area contributed by atoms with Crippen LogP contribution < -0.4 is 10.3 Å². The molecule has 0 saturated heterocycles. The number of hydrogen-bond acceptors (Lipinski definition) is 5. The number of amides is 2. The SMILES string of the molecule is COCCCN1C(=O)c2oc3ccc(F)cc3c(=O)c2[C@]12C(=O)N(C)c1ccccc12. The number of carbonyl (C=O) groups is 2. The van der Waals surface area contributed by atoms with Gasteiger partial charge in [0.05, 0.1) is 10.9 Å². The van der Waals surface area contributed by atoms with Gasteiger partial charge in [-0.3, -0.25) is 14.4 Å². The van der Waals surface area contributed by atoms with Crippen LogP contribution in [0.1, 0.15) is 28.1 Å². The number of methoxy groups -OCH3 is 1. The van der Waals surface area contributed by atoms with Crippen molar-refractivity contribution in [2.75, 3.05) is 32.2 Å². The molecule has 31 heavy (non-hydrogen) atoms. The lowest BCUT2D eigenvalue weighted by molar-refractivity contribution is -0.125. The highest BCUT2D eigenvalue weighted by atomic mass is 19.1. The van der Waals surface area contributed by atoms with Gasteiger partial charge in [-0.2, -0.15) is 0 Å². The quantitative estimate of drug-likeness (QED) is 0.604. The molecule has 5 rings (SSSR count). The number of benzene rings is 2. The van der Waals surface area contributed by atoms with Crippen molar-refractivity contribution in [1.29, 1.82) is 0 Å². The number of fused-ring (bicyclic) bond motifs is 5. The van der Waals surface area contributed by atoms with Crippen molar-refractivity contribution < 1.29 is 23.1 Å². The molecular weight excluding hydrogens is 403 g/mol. The minimum Gasteiger partial charge on any atom is -0.450 e. The standard InChI is InChI=1S/C23H19FN2O5/c1-25-16-7-4-3-6-15(16)23(22(25)29)18-19(27)14-12-13(24)8-9-17(14)31-20(18)21(28)26(23)10-5-11-30-2/h3-4,6-9,12H,5,10-11H2,1-2H3/t23-/m1/s1. The first-order valence-corrected chi connectivity index (χ1v) is 9.88. The number of likely N-dealkylation sites (N-methyl/N-ethyl adjacent to an activating group) is 1. The van der Waals surface area contributed by atoms with Gasteiger partial charge in [-0.15, -0.1) is 0 Å². The molecule has 0 unspecified atom stereocenters. The molecule has 8 heteroatoms. The van der Waals surface area contributed by atoms with E-state index in [1.54, 1.807) is 38.4 Å². The van der Waals surface area contributed by atoms with Crippen LogP contribution in [0.15, 0.2) is 51.7 Å². The van der Waals surface area contributed by atoms with Crippen molar-refractivity contribution in [3.8, 4) is 0 Å². The van der Waals surface area contributed by atoms with Crippen LogP contribution in [-0.4, -0.2) is 44.0 Å². The maximum Gasteiger partial charge on any atom is 0.291 e. The molecule has 2 amide bonds. The second-order valence-electron chi connectivity index (χ2n) is 7.67.